The zero-order valence-electron chi connectivity index (χ0n) is 9.98. The first-order valence-electron chi connectivity index (χ1n) is 5.25. The zero-order valence-corrected chi connectivity index (χ0v) is 12.4. The van der Waals surface area contributed by atoms with E-state index in [1.807, 2.05) is 0 Å². The van der Waals surface area contributed by atoms with Crippen molar-refractivity contribution in [3.8, 4) is 11.5 Å². The van der Waals surface area contributed by atoms with E-state index in [1.165, 1.54) is 12.1 Å². The van der Waals surface area contributed by atoms with Gasteiger partial charge in [0.15, 0.2) is 0 Å². The van der Waals surface area contributed by atoms with Crippen LogP contribution in [0.2, 0.25) is 0 Å². The van der Waals surface area contributed by atoms with E-state index in [-0.39, 0.29) is 29.0 Å². The van der Waals surface area contributed by atoms with E-state index >= 15 is 0 Å². The third-order valence-electron chi connectivity index (χ3n) is 1.97. The molecule has 0 bridgehead atoms. The van der Waals surface area contributed by atoms with Gasteiger partial charge in [-0.2, -0.15) is 0 Å². The highest BCUT2D eigenvalue weighted by atomic mass is 79.9. The number of hydrogen-bond donors (Lipinski definition) is 1. The molecule has 0 fully saturated rings. The maximum Gasteiger partial charge on any atom is 0.573 e. The molecule has 0 amide bonds. The van der Waals surface area contributed by atoms with Crippen molar-refractivity contribution in [2.45, 2.75) is 12.8 Å². The van der Waals surface area contributed by atoms with Gasteiger partial charge in [-0.25, -0.2) is 13.6 Å². The van der Waals surface area contributed by atoms with Crippen LogP contribution in [-0.4, -0.2) is 27.1 Å². The highest BCUT2D eigenvalue weighted by Gasteiger charge is 2.31. The van der Waals surface area contributed by atoms with Crippen LogP contribution < -0.4 is 14.6 Å². The number of nitrogens with two attached hydrogens (primary N) is 1. The summed E-state index contributed by atoms with van der Waals surface area (Å²) in [5.74, 6) is -0.348. The van der Waals surface area contributed by atoms with Gasteiger partial charge in [0.2, 0.25) is 10.0 Å². The zero-order chi connectivity index (χ0) is 15.4. The largest absolute Gasteiger partial charge is 0.573 e. The van der Waals surface area contributed by atoms with Crippen LogP contribution in [0.1, 0.15) is 6.42 Å². The first-order valence-corrected chi connectivity index (χ1v) is 7.76. The number of primary sulfonamides is 1. The maximum atomic E-state index is 12.0. The van der Waals surface area contributed by atoms with E-state index in [0.717, 1.165) is 6.07 Å². The third kappa shape index (κ3) is 6.96. The van der Waals surface area contributed by atoms with E-state index in [0.29, 0.717) is 0 Å². The molecule has 1 aromatic carbocycles. The molecule has 0 aromatic heterocycles. The summed E-state index contributed by atoms with van der Waals surface area (Å²) in [4.78, 5) is 0. The van der Waals surface area contributed by atoms with Crippen LogP contribution in [0.5, 0.6) is 11.5 Å². The van der Waals surface area contributed by atoms with Crippen molar-refractivity contribution in [1.29, 1.82) is 0 Å². The minimum Gasteiger partial charge on any atom is -0.494 e. The molecule has 20 heavy (non-hydrogen) atoms. The van der Waals surface area contributed by atoms with Gasteiger partial charge >= 0.3 is 6.36 Å². The Labute approximate surface area is 122 Å². The van der Waals surface area contributed by atoms with Gasteiger partial charge in [-0.3, -0.25) is 0 Å². The molecule has 10 heteroatoms. The van der Waals surface area contributed by atoms with Crippen molar-refractivity contribution in [3.05, 3.63) is 22.7 Å². The normalized spacial score (nSPS) is 12.2. The van der Waals surface area contributed by atoms with Gasteiger partial charge in [-0.15, -0.1) is 13.2 Å². The van der Waals surface area contributed by atoms with Crippen LogP contribution in [0.3, 0.4) is 0 Å². The van der Waals surface area contributed by atoms with E-state index in [2.05, 4.69) is 20.7 Å². The fraction of sp³-hybridized carbons (Fsp3) is 0.400. The Morgan fingerprint density at radius 3 is 2.45 bits per heavy atom. The summed E-state index contributed by atoms with van der Waals surface area (Å²) in [6.07, 6.45) is -4.60. The quantitative estimate of drug-likeness (QED) is 0.772. The van der Waals surface area contributed by atoms with E-state index in [9.17, 15) is 21.6 Å². The van der Waals surface area contributed by atoms with Crippen LogP contribution in [0, 0.1) is 0 Å². The average molecular weight is 378 g/mol. The minimum absolute atomic E-state index is 0.0683. The number of rotatable bonds is 6. The highest BCUT2D eigenvalue weighted by molar-refractivity contribution is 9.10. The molecule has 0 unspecified atom stereocenters. The van der Waals surface area contributed by atoms with Crippen molar-refractivity contribution < 1.29 is 31.1 Å². The van der Waals surface area contributed by atoms with Crippen LogP contribution in [0.4, 0.5) is 13.2 Å². The maximum absolute atomic E-state index is 12.0. The molecule has 0 saturated carbocycles. The average Bonchev–Trinajstić information content (AvgIpc) is 2.25. The Morgan fingerprint density at radius 2 is 1.95 bits per heavy atom. The Balaban J connectivity index is 2.55. The lowest BCUT2D eigenvalue weighted by atomic mass is 10.3. The Morgan fingerprint density at radius 1 is 1.30 bits per heavy atom. The Bertz CT molecular complexity index is 562. The second-order valence-electron chi connectivity index (χ2n) is 3.71. The summed E-state index contributed by atoms with van der Waals surface area (Å²) in [5.41, 5.74) is 0. The van der Waals surface area contributed by atoms with E-state index < -0.39 is 22.1 Å². The lowest BCUT2D eigenvalue weighted by Gasteiger charge is -2.12. The van der Waals surface area contributed by atoms with Crippen LogP contribution in [0.25, 0.3) is 0 Å². The summed E-state index contributed by atoms with van der Waals surface area (Å²) in [6.45, 7) is 0.0718. The SMILES string of the molecule is NS(=O)(=O)CCCOc1ccc(OC(F)(F)F)c(Br)c1. The number of alkyl halides is 3. The second kappa shape index (κ2) is 6.64. The van der Waals surface area contributed by atoms with Gasteiger partial charge in [-0.05, 0) is 40.5 Å². The number of hydrogen-bond acceptors (Lipinski definition) is 4. The highest BCUT2D eigenvalue weighted by Crippen LogP contribution is 2.33. The summed E-state index contributed by atoms with van der Waals surface area (Å²) in [7, 11) is -3.55. The fourth-order valence-electron chi connectivity index (χ4n) is 1.23. The van der Waals surface area contributed by atoms with E-state index in [4.69, 9.17) is 9.88 Å². The number of halogens is 4. The molecule has 0 aliphatic carbocycles. The van der Waals surface area contributed by atoms with Crippen molar-refractivity contribution >= 4 is 26.0 Å². The summed E-state index contributed by atoms with van der Waals surface area (Å²) in [6, 6.07) is 3.66. The van der Waals surface area contributed by atoms with Gasteiger partial charge in [0.1, 0.15) is 11.5 Å². The number of ether oxygens (including phenoxy) is 2. The molecule has 1 aromatic rings. The summed E-state index contributed by atoms with van der Waals surface area (Å²) < 4.78 is 66.5. The lowest BCUT2D eigenvalue weighted by Crippen LogP contribution is -2.18. The molecule has 2 N–H and O–H groups in total. The molecule has 5 nitrogen and oxygen atoms in total. The first-order chi connectivity index (χ1) is 9.07. The third-order valence-corrected chi connectivity index (χ3v) is 3.45. The van der Waals surface area contributed by atoms with Crippen molar-refractivity contribution in [3.63, 3.8) is 0 Å². The molecule has 0 saturated heterocycles. The van der Waals surface area contributed by atoms with Gasteiger partial charge in [-0.1, -0.05) is 0 Å². The molecule has 0 atom stereocenters. The molecular weight excluding hydrogens is 367 g/mol. The molecule has 114 valence electrons. The van der Waals surface area contributed by atoms with Gasteiger partial charge in [0.05, 0.1) is 16.8 Å². The van der Waals surface area contributed by atoms with Crippen molar-refractivity contribution in [2.75, 3.05) is 12.4 Å². The van der Waals surface area contributed by atoms with Gasteiger partial charge in [0, 0.05) is 0 Å². The van der Waals surface area contributed by atoms with Gasteiger partial charge in [0.25, 0.3) is 0 Å². The Hall–Kier alpha value is -1.00. The smallest absolute Gasteiger partial charge is 0.494 e. The topological polar surface area (TPSA) is 78.6 Å². The molecular formula is C10H11BrF3NO4S. The molecule has 0 aliphatic rings. The lowest BCUT2D eigenvalue weighted by molar-refractivity contribution is -0.274. The molecule has 0 aliphatic heterocycles. The van der Waals surface area contributed by atoms with Crippen molar-refractivity contribution in [2.24, 2.45) is 5.14 Å². The monoisotopic (exact) mass is 377 g/mol. The molecule has 0 heterocycles. The fourth-order valence-corrected chi connectivity index (χ4v) is 2.19. The molecule has 1 rings (SSSR count). The number of benzene rings is 1. The second-order valence-corrected chi connectivity index (χ2v) is 6.30. The van der Waals surface area contributed by atoms with Crippen molar-refractivity contribution in [1.82, 2.24) is 0 Å². The molecule has 0 spiro atoms. The Kier molecular flexibility index (Phi) is 5.66. The first kappa shape index (κ1) is 17.1. The van der Waals surface area contributed by atoms with Crippen LogP contribution >= 0.6 is 15.9 Å². The summed E-state index contributed by atoms with van der Waals surface area (Å²) in [5, 5.41) is 4.80. The standard InChI is InChI=1S/C10H11BrF3NO4S/c11-8-6-7(18-4-1-5-20(15,16)17)2-3-9(8)19-10(12,13)14/h2-3,6H,1,4-5H2,(H2,15,16,17). The summed E-state index contributed by atoms with van der Waals surface area (Å²) >= 11 is 2.92. The van der Waals surface area contributed by atoms with Crippen LogP contribution in [0.15, 0.2) is 22.7 Å². The van der Waals surface area contributed by atoms with E-state index in [1.54, 1.807) is 0 Å². The van der Waals surface area contributed by atoms with Crippen LogP contribution in [-0.2, 0) is 10.0 Å². The predicted molar refractivity (Wildman–Crippen MR) is 68.9 cm³/mol. The number of sulfonamides is 1. The molecule has 0 radical (unpaired) electrons. The minimum atomic E-state index is -4.78. The predicted octanol–water partition coefficient (Wildman–Crippen LogP) is 2.41. The van der Waals surface area contributed by atoms with Gasteiger partial charge < -0.3 is 9.47 Å².